The zero-order chi connectivity index (χ0) is 17.9. The van der Waals surface area contributed by atoms with Gasteiger partial charge in [0.15, 0.2) is 6.61 Å². The van der Waals surface area contributed by atoms with Crippen molar-refractivity contribution in [2.75, 3.05) is 13.7 Å². The summed E-state index contributed by atoms with van der Waals surface area (Å²) in [4.78, 5) is 28.3. The Balaban J connectivity index is 2.09. The van der Waals surface area contributed by atoms with Gasteiger partial charge in [0.05, 0.1) is 12.7 Å². The minimum atomic E-state index is -0.586. The lowest BCUT2D eigenvalue weighted by Gasteiger charge is -2.13. The van der Waals surface area contributed by atoms with E-state index in [-0.39, 0.29) is 18.0 Å². The number of rotatable bonds is 5. The monoisotopic (exact) mass is 327 g/mol. The number of hydrogen-bond donors (Lipinski definition) is 0. The van der Waals surface area contributed by atoms with Gasteiger partial charge < -0.3 is 9.47 Å². The highest BCUT2D eigenvalue weighted by Crippen LogP contribution is 2.21. The van der Waals surface area contributed by atoms with Crippen molar-refractivity contribution in [2.24, 2.45) is 0 Å². The number of pyridine rings is 1. The fraction of sp³-hybridized carbons (Fsp3) is 0.316. The standard InChI is InChI=1S/C19H21NO4/c1-11-8-16(14(4)13(3)12(11)2)17(21)10-24-19(22)15-6-7-18(23-5)20-9-15/h6-9H,10H2,1-5H3. The van der Waals surface area contributed by atoms with Crippen molar-refractivity contribution in [3.63, 3.8) is 0 Å². The predicted molar refractivity (Wildman–Crippen MR) is 90.8 cm³/mol. The Morgan fingerprint density at radius 1 is 1.04 bits per heavy atom. The molecule has 1 aromatic heterocycles. The lowest BCUT2D eigenvalue weighted by atomic mass is 9.93. The van der Waals surface area contributed by atoms with E-state index in [1.165, 1.54) is 18.9 Å². The number of aryl methyl sites for hydroxylation is 1. The molecule has 0 N–H and O–H groups in total. The smallest absolute Gasteiger partial charge is 0.340 e. The van der Waals surface area contributed by atoms with E-state index in [0.717, 1.165) is 16.7 Å². The molecule has 24 heavy (non-hydrogen) atoms. The van der Waals surface area contributed by atoms with E-state index >= 15 is 0 Å². The van der Waals surface area contributed by atoms with Crippen LogP contribution in [-0.2, 0) is 4.74 Å². The van der Waals surface area contributed by atoms with Crippen molar-refractivity contribution in [3.8, 4) is 5.88 Å². The highest BCUT2D eigenvalue weighted by Gasteiger charge is 2.16. The van der Waals surface area contributed by atoms with E-state index in [2.05, 4.69) is 4.98 Å². The zero-order valence-corrected chi connectivity index (χ0v) is 14.6. The predicted octanol–water partition coefficient (Wildman–Crippen LogP) is 3.36. The van der Waals surface area contributed by atoms with E-state index in [0.29, 0.717) is 11.4 Å². The van der Waals surface area contributed by atoms with Crippen molar-refractivity contribution < 1.29 is 19.1 Å². The van der Waals surface area contributed by atoms with Gasteiger partial charge in [0, 0.05) is 17.8 Å². The molecule has 1 aromatic carbocycles. The maximum Gasteiger partial charge on any atom is 0.340 e. The molecule has 0 saturated carbocycles. The van der Waals surface area contributed by atoms with Gasteiger partial charge in [-0.2, -0.15) is 0 Å². The highest BCUT2D eigenvalue weighted by molar-refractivity contribution is 6.00. The molecule has 1 heterocycles. The number of nitrogens with zero attached hydrogens (tertiary/aromatic N) is 1. The number of benzene rings is 1. The largest absolute Gasteiger partial charge is 0.481 e. The topological polar surface area (TPSA) is 65.5 Å². The van der Waals surface area contributed by atoms with E-state index in [9.17, 15) is 9.59 Å². The zero-order valence-electron chi connectivity index (χ0n) is 14.6. The first-order valence-electron chi connectivity index (χ1n) is 7.63. The second kappa shape index (κ2) is 7.25. The van der Waals surface area contributed by atoms with Crippen LogP contribution in [0.4, 0.5) is 0 Å². The number of esters is 1. The van der Waals surface area contributed by atoms with E-state index < -0.39 is 5.97 Å². The molecule has 2 aromatic rings. The number of aromatic nitrogens is 1. The summed E-state index contributed by atoms with van der Waals surface area (Å²) in [5.74, 6) is -0.394. The number of ether oxygens (including phenoxy) is 2. The number of Topliss-reactive ketones (excluding diaryl/α,β-unsaturated/α-hetero) is 1. The molecule has 0 unspecified atom stereocenters. The normalized spacial score (nSPS) is 10.4. The van der Waals surface area contributed by atoms with Crippen molar-refractivity contribution in [1.82, 2.24) is 4.98 Å². The van der Waals surface area contributed by atoms with Crippen LogP contribution in [0, 0.1) is 27.7 Å². The average molecular weight is 327 g/mol. The first-order chi connectivity index (χ1) is 11.3. The Hall–Kier alpha value is -2.69. The third kappa shape index (κ3) is 3.62. The summed E-state index contributed by atoms with van der Waals surface area (Å²) in [5.41, 5.74) is 5.10. The summed E-state index contributed by atoms with van der Waals surface area (Å²) < 4.78 is 10.0. The van der Waals surface area contributed by atoms with Crippen molar-refractivity contribution in [3.05, 3.63) is 57.8 Å². The SMILES string of the molecule is COc1ccc(C(=O)OCC(=O)c2cc(C)c(C)c(C)c2C)cn1. The van der Waals surface area contributed by atoms with Gasteiger partial charge in [-0.15, -0.1) is 0 Å². The Bertz CT molecular complexity index is 779. The molecule has 0 radical (unpaired) electrons. The van der Waals surface area contributed by atoms with Gasteiger partial charge in [0.25, 0.3) is 0 Å². The van der Waals surface area contributed by atoms with Crippen LogP contribution in [-0.4, -0.2) is 30.5 Å². The Labute approximate surface area is 141 Å². The molecule has 0 fully saturated rings. The summed E-state index contributed by atoms with van der Waals surface area (Å²) in [6, 6.07) is 4.96. The maximum absolute atomic E-state index is 12.4. The van der Waals surface area contributed by atoms with Gasteiger partial charge in [0.2, 0.25) is 11.7 Å². The minimum Gasteiger partial charge on any atom is -0.481 e. The summed E-state index contributed by atoms with van der Waals surface area (Å²) in [6.07, 6.45) is 1.36. The van der Waals surface area contributed by atoms with Crippen molar-refractivity contribution >= 4 is 11.8 Å². The third-order valence-corrected chi connectivity index (χ3v) is 4.30. The maximum atomic E-state index is 12.4. The van der Waals surface area contributed by atoms with Crippen LogP contribution in [0.5, 0.6) is 5.88 Å². The molecule has 5 nitrogen and oxygen atoms in total. The highest BCUT2D eigenvalue weighted by atomic mass is 16.5. The fourth-order valence-corrected chi connectivity index (χ4v) is 2.42. The summed E-state index contributed by atoms with van der Waals surface area (Å²) >= 11 is 0. The van der Waals surface area contributed by atoms with E-state index in [1.807, 2.05) is 33.8 Å². The van der Waals surface area contributed by atoms with E-state index in [1.54, 1.807) is 12.1 Å². The molecule has 0 aliphatic carbocycles. The molecule has 0 spiro atoms. The van der Waals surface area contributed by atoms with E-state index in [4.69, 9.17) is 9.47 Å². The fourth-order valence-electron chi connectivity index (χ4n) is 2.42. The summed E-state index contributed by atoms with van der Waals surface area (Å²) in [6.45, 7) is 7.59. The van der Waals surface area contributed by atoms with Crippen LogP contribution < -0.4 is 4.74 Å². The number of ketones is 1. The van der Waals surface area contributed by atoms with Crippen molar-refractivity contribution in [1.29, 1.82) is 0 Å². The van der Waals surface area contributed by atoms with Crippen molar-refractivity contribution in [2.45, 2.75) is 27.7 Å². The molecule has 0 bridgehead atoms. The Morgan fingerprint density at radius 3 is 2.33 bits per heavy atom. The molecule has 0 atom stereocenters. The summed E-state index contributed by atoms with van der Waals surface area (Å²) in [5, 5.41) is 0. The van der Waals surface area contributed by atoms with Crippen LogP contribution in [0.25, 0.3) is 0 Å². The van der Waals surface area contributed by atoms with Gasteiger partial charge >= 0.3 is 5.97 Å². The van der Waals surface area contributed by atoms with Gasteiger partial charge in [-0.25, -0.2) is 9.78 Å². The van der Waals surface area contributed by atoms with Crippen LogP contribution in [0.2, 0.25) is 0 Å². The first-order valence-corrected chi connectivity index (χ1v) is 7.63. The molecule has 2 rings (SSSR count). The minimum absolute atomic E-state index is 0.214. The lowest BCUT2D eigenvalue weighted by Crippen LogP contribution is -2.16. The van der Waals surface area contributed by atoms with Crippen LogP contribution >= 0.6 is 0 Å². The van der Waals surface area contributed by atoms with Crippen LogP contribution in [0.1, 0.15) is 43.0 Å². The number of carbonyl (C=O) groups is 2. The molecule has 126 valence electrons. The quantitative estimate of drug-likeness (QED) is 0.622. The second-order valence-corrected chi connectivity index (χ2v) is 5.70. The lowest BCUT2D eigenvalue weighted by molar-refractivity contribution is 0.0474. The van der Waals surface area contributed by atoms with Gasteiger partial charge in [-0.1, -0.05) is 0 Å². The van der Waals surface area contributed by atoms with Gasteiger partial charge in [-0.3, -0.25) is 4.79 Å². The Kier molecular flexibility index (Phi) is 5.34. The average Bonchev–Trinajstić information content (AvgIpc) is 2.60. The van der Waals surface area contributed by atoms with Crippen LogP contribution in [0.3, 0.4) is 0 Å². The molecule has 5 heteroatoms. The first kappa shape index (κ1) is 17.7. The molecule has 0 aliphatic heterocycles. The number of carbonyl (C=O) groups excluding carboxylic acids is 2. The van der Waals surface area contributed by atoms with Gasteiger partial charge in [0.1, 0.15) is 0 Å². The molecule has 0 aliphatic rings. The van der Waals surface area contributed by atoms with Gasteiger partial charge in [-0.05, 0) is 62.1 Å². The number of methoxy groups -OCH3 is 1. The number of hydrogen-bond acceptors (Lipinski definition) is 5. The molecule has 0 amide bonds. The molecule has 0 saturated heterocycles. The third-order valence-electron chi connectivity index (χ3n) is 4.30. The Morgan fingerprint density at radius 2 is 1.75 bits per heavy atom. The molecular formula is C19H21NO4. The second-order valence-electron chi connectivity index (χ2n) is 5.70. The van der Waals surface area contributed by atoms with Crippen LogP contribution in [0.15, 0.2) is 24.4 Å². The summed E-state index contributed by atoms with van der Waals surface area (Å²) in [7, 11) is 1.49. The molecular weight excluding hydrogens is 306 g/mol.